The normalized spacial score (nSPS) is 24.3. The number of fused-ring (bicyclic) bond motifs is 1. The smallest absolute Gasteiger partial charge is 0.459 e. The van der Waals surface area contributed by atoms with Crippen molar-refractivity contribution in [2.75, 3.05) is 6.61 Å². The summed E-state index contributed by atoms with van der Waals surface area (Å²) >= 11 is 0. The fourth-order valence-electron chi connectivity index (χ4n) is 4.31. The van der Waals surface area contributed by atoms with Crippen LogP contribution in [0.4, 0.5) is 17.6 Å². The molecule has 1 saturated heterocycles. The molecule has 43 heavy (non-hydrogen) atoms. The Hall–Kier alpha value is -3.56. The summed E-state index contributed by atoms with van der Waals surface area (Å²) in [5.41, 5.74) is -6.15. The van der Waals surface area contributed by atoms with Crippen LogP contribution in [0.25, 0.3) is 10.8 Å². The van der Waals surface area contributed by atoms with Crippen molar-refractivity contribution in [2.24, 2.45) is 0 Å². The van der Waals surface area contributed by atoms with Crippen LogP contribution in [0.15, 0.2) is 58.3 Å². The number of nitrogens with one attached hydrogen (secondary N) is 2. The number of aliphatic hydroxyl groups is 1. The third kappa shape index (κ3) is 6.68. The van der Waals surface area contributed by atoms with Gasteiger partial charge < -0.3 is 19.1 Å². The van der Waals surface area contributed by atoms with E-state index in [0.717, 1.165) is 0 Å². The number of aromatic amines is 1. The van der Waals surface area contributed by atoms with Crippen molar-refractivity contribution < 1.29 is 50.5 Å². The molecule has 1 aromatic heterocycles. The summed E-state index contributed by atoms with van der Waals surface area (Å²) in [6, 6.07) is 9.95. The van der Waals surface area contributed by atoms with Crippen LogP contribution in [0.5, 0.6) is 5.75 Å². The van der Waals surface area contributed by atoms with Gasteiger partial charge >= 0.3 is 19.4 Å². The number of halogens is 4. The van der Waals surface area contributed by atoms with Gasteiger partial charge in [0.05, 0.1) is 18.9 Å². The standard InChI is InChI=1S/C26H28F4N3O9P/c1-13(2)40-23(36)14(3)32-43(38,42-18-10-6-8-15-7-4-5-9-16(15)18)39-12-26(24(29)30)20(34)19(28)22(41-26)33-11-17(27)21(35)31-25(33)37/h4-11,13-14,19-20,22,24,34H,12H2,1-3H3,(H,32,38)(H,31,35,37)/t14-,19+,20-,22+,26+,43?/m0/s1. The van der Waals surface area contributed by atoms with Crippen molar-refractivity contribution in [3.63, 3.8) is 0 Å². The molecule has 1 fully saturated rings. The maximum absolute atomic E-state index is 15.2. The molecular formula is C26H28F4N3O9P. The molecular weight excluding hydrogens is 605 g/mol. The molecule has 1 aliphatic heterocycles. The van der Waals surface area contributed by atoms with Gasteiger partial charge in [-0.25, -0.2) is 22.5 Å². The van der Waals surface area contributed by atoms with Crippen LogP contribution < -0.4 is 20.9 Å². The molecule has 1 aliphatic rings. The molecule has 17 heteroatoms. The number of aliphatic hydroxyl groups excluding tert-OH is 1. The molecule has 2 aromatic carbocycles. The second-order valence-electron chi connectivity index (χ2n) is 9.97. The Morgan fingerprint density at radius 1 is 1.19 bits per heavy atom. The monoisotopic (exact) mass is 633 g/mol. The van der Waals surface area contributed by atoms with Crippen molar-refractivity contribution in [3.05, 3.63) is 75.3 Å². The number of rotatable bonds is 11. The van der Waals surface area contributed by atoms with E-state index in [2.05, 4.69) is 5.09 Å². The molecule has 1 unspecified atom stereocenters. The van der Waals surface area contributed by atoms with E-state index in [9.17, 15) is 37.2 Å². The highest BCUT2D eigenvalue weighted by molar-refractivity contribution is 7.52. The molecule has 12 nitrogen and oxygen atoms in total. The van der Waals surface area contributed by atoms with E-state index in [1.165, 1.54) is 18.0 Å². The quantitative estimate of drug-likeness (QED) is 0.163. The van der Waals surface area contributed by atoms with Gasteiger partial charge in [-0.3, -0.25) is 23.7 Å². The number of carbonyl (C=O) groups is 1. The van der Waals surface area contributed by atoms with Crippen molar-refractivity contribution >= 4 is 24.5 Å². The first kappa shape index (κ1) is 32.4. The van der Waals surface area contributed by atoms with Crippen molar-refractivity contribution in [3.8, 4) is 5.75 Å². The van der Waals surface area contributed by atoms with Gasteiger partial charge in [-0.1, -0.05) is 36.4 Å². The number of nitrogens with zero attached hydrogens (tertiary/aromatic N) is 1. The molecule has 6 atom stereocenters. The molecule has 0 saturated carbocycles. The molecule has 4 rings (SSSR count). The van der Waals surface area contributed by atoms with E-state index in [1.54, 1.807) is 50.2 Å². The van der Waals surface area contributed by atoms with Crippen molar-refractivity contribution in [2.45, 2.75) is 63.4 Å². The lowest BCUT2D eigenvalue weighted by Gasteiger charge is -2.32. The van der Waals surface area contributed by atoms with Gasteiger partial charge in [0.15, 0.2) is 18.0 Å². The zero-order valence-electron chi connectivity index (χ0n) is 22.9. The maximum Gasteiger partial charge on any atom is 0.459 e. The fraction of sp³-hybridized carbons (Fsp3) is 0.423. The van der Waals surface area contributed by atoms with Gasteiger partial charge in [0.1, 0.15) is 17.9 Å². The Kier molecular flexibility index (Phi) is 9.47. The van der Waals surface area contributed by atoms with E-state index in [1.807, 2.05) is 0 Å². The molecule has 0 radical (unpaired) electrons. The predicted octanol–water partition coefficient (Wildman–Crippen LogP) is 3.19. The van der Waals surface area contributed by atoms with Crippen LogP contribution in [0.2, 0.25) is 0 Å². The molecule has 3 aromatic rings. The Balaban J connectivity index is 1.69. The highest BCUT2D eigenvalue weighted by Gasteiger charge is 2.62. The Labute approximate surface area is 241 Å². The van der Waals surface area contributed by atoms with Crippen LogP contribution in [-0.4, -0.2) is 63.7 Å². The minimum atomic E-state index is -4.87. The number of H-pyrrole nitrogens is 1. The van der Waals surface area contributed by atoms with E-state index >= 15 is 4.39 Å². The number of benzene rings is 2. The second kappa shape index (κ2) is 12.6. The summed E-state index contributed by atoms with van der Waals surface area (Å²) in [5.74, 6) is -2.51. The second-order valence-corrected chi connectivity index (χ2v) is 11.7. The maximum atomic E-state index is 15.2. The molecule has 3 N–H and O–H groups in total. The number of aromatic nitrogens is 2. The van der Waals surface area contributed by atoms with Gasteiger partial charge in [0.2, 0.25) is 5.82 Å². The van der Waals surface area contributed by atoms with Gasteiger partial charge in [0.25, 0.3) is 12.0 Å². The van der Waals surface area contributed by atoms with Gasteiger partial charge in [0, 0.05) is 5.39 Å². The number of esters is 1. The molecule has 0 aliphatic carbocycles. The number of hydrogen-bond acceptors (Lipinski definition) is 9. The van der Waals surface area contributed by atoms with Gasteiger partial charge in [-0.2, -0.15) is 9.48 Å². The summed E-state index contributed by atoms with van der Waals surface area (Å²) in [6.45, 7) is 2.84. The largest absolute Gasteiger partial charge is 0.462 e. The fourth-order valence-corrected chi connectivity index (χ4v) is 5.86. The molecule has 0 bridgehead atoms. The zero-order chi connectivity index (χ0) is 31.7. The minimum Gasteiger partial charge on any atom is -0.462 e. The van der Waals surface area contributed by atoms with Crippen LogP contribution in [0.3, 0.4) is 0 Å². The average molecular weight is 633 g/mol. The number of carbonyl (C=O) groups excluding carboxylic acids is 1. The third-order valence-corrected chi connectivity index (χ3v) is 8.08. The number of hydrogen-bond donors (Lipinski definition) is 3. The lowest BCUT2D eigenvalue weighted by Crippen LogP contribution is -2.52. The van der Waals surface area contributed by atoms with Crippen LogP contribution in [0.1, 0.15) is 27.0 Å². The summed E-state index contributed by atoms with van der Waals surface area (Å²) in [5, 5.41) is 13.9. The summed E-state index contributed by atoms with van der Waals surface area (Å²) in [4.78, 5) is 37.5. The first-order chi connectivity index (χ1) is 20.2. The SMILES string of the molecule is CC(C)OC(=O)[C@H](C)NP(=O)(OC[C@@]1(C(F)F)O[C@@H](n2cc(F)c(=O)[nH]c2=O)[C@H](F)[C@@H]1O)Oc1cccc2ccccc12. The minimum absolute atomic E-state index is 0.0474. The summed E-state index contributed by atoms with van der Waals surface area (Å²) in [7, 11) is -4.87. The Morgan fingerprint density at radius 3 is 2.53 bits per heavy atom. The lowest BCUT2D eigenvalue weighted by molar-refractivity contribution is -0.193. The average Bonchev–Trinajstić information content (AvgIpc) is 3.20. The zero-order valence-corrected chi connectivity index (χ0v) is 23.8. The van der Waals surface area contributed by atoms with Crippen LogP contribution in [-0.2, 0) is 23.4 Å². The Bertz CT molecular complexity index is 1650. The number of alkyl halides is 3. The molecule has 0 spiro atoms. The van der Waals surface area contributed by atoms with E-state index in [4.69, 9.17) is 18.5 Å². The van der Waals surface area contributed by atoms with Gasteiger partial charge in [-0.05, 0) is 32.2 Å². The number of ether oxygens (including phenoxy) is 2. The lowest BCUT2D eigenvalue weighted by atomic mass is 9.97. The van der Waals surface area contributed by atoms with Crippen LogP contribution >= 0.6 is 7.75 Å². The summed E-state index contributed by atoms with van der Waals surface area (Å²) in [6.07, 6.45) is -11.9. The van der Waals surface area contributed by atoms with Crippen molar-refractivity contribution in [1.29, 1.82) is 0 Å². The van der Waals surface area contributed by atoms with E-state index < -0.39 is 80.1 Å². The van der Waals surface area contributed by atoms with Gasteiger partial charge in [-0.15, -0.1) is 0 Å². The highest BCUT2D eigenvalue weighted by Crippen LogP contribution is 2.50. The Morgan fingerprint density at radius 2 is 1.86 bits per heavy atom. The molecule has 234 valence electrons. The summed E-state index contributed by atoms with van der Waals surface area (Å²) < 4.78 is 93.4. The van der Waals surface area contributed by atoms with Crippen molar-refractivity contribution in [1.82, 2.24) is 14.6 Å². The predicted molar refractivity (Wildman–Crippen MR) is 143 cm³/mol. The van der Waals surface area contributed by atoms with Crippen LogP contribution in [0, 0.1) is 5.82 Å². The molecule has 2 heterocycles. The van der Waals surface area contributed by atoms with E-state index in [0.29, 0.717) is 10.8 Å². The third-order valence-electron chi connectivity index (χ3n) is 6.47. The highest BCUT2D eigenvalue weighted by atomic mass is 31.2. The molecule has 0 amide bonds. The first-order valence-electron chi connectivity index (χ1n) is 12.9. The van der Waals surface area contributed by atoms with E-state index in [-0.39, 0.29) is 16.5 Å². The topological polar surface area (TPSA) is 158 Å². The first-order valence-corrected chi connectivity index (χ1v) is 14.4.